The minimum absolute atomic E-state index is 0.0330. The number of rotatable bonds is 8. The lowest BCUT2D eigenvalue weighted by Gasteiger charge is -2.10. The molecule has 0 saturated heterocycles. The largest absolute Gasteiger partial charge is 0.492 e. The quantitative estimate of drug-likeness (QED) is 0.745. The number of carbonyl (C=O) groups excluding carboxylic acids is 1. The van der Waals surface area contributed by atoms with Crippen LogP contribution in [0.5, 0.6) is 5.75 Å². The van der Waals surface area contributed by atoms with Crippen molar-refractivity contribution in [1.29, 1.82) is 0 Å². The van der Waals surface area contributed by atoms with Crippen LogP contribution in [0.3, 0.4) is 0 Å². The Morgan fingerprint density at radius 1 is 1.08 bits per heavy atom. The molecular formula is C21H27NO2. The smallest absolute Gasteiger partial charge is 0.224 e. The zero-order valence-corrected chi connectivity index (χ0v) is 14.9. The number of benzene rings is 2. The molecule has 2 aromatic carbocycles. The van der Waals surface area contributed by atoms with Crippen molar-refractivity contribution in [2.75, 3.05) is 13.2 Å². The van der Waals surface area contributed by atoms with Crippen molar-refractivity contribution in [2.45, 2.75) is 40.0 Å². The van der Waals surface area contributed by atoms with E-state index in [0.717, 1.165) is 29.7 Å². The molecule has 0 unspecified atom stereocenters. The SMILES string of the molecule is CCCc1ccc(OCCNC(=O)Cc2cc(C)ccc2C)cc1. The van der Waals surface area contributed by atoms with Crippen LogP contribution in [0.15, 0.2) is 42.5 Å². The van der Waals surface area contributed by atoms with Crippen LogP contribution in [-0.2, 0) is 17.6 Å². The predicted molar refractivity (Wildman–Crippen MR) is 98.6 cm³/mol. The van der Waals surface area contributed by atoms with Gasteiger partial charge in [-0.25, -0.2) is 0 Å². The van der Waals surface area contributed by atoms with Crippen molar-refractivity contribution in [2.24, 2.45) is 0 Å². The van der Waals surface area contributed by atoms with Crippen LogP contribution in [0.2, 0.25) is 0 Å². The van der Waals surface area contributed by atoms with Gasteiger partial charge in [0.1, 0.15) is 12.4 Å². The number of nitrogens with one attached hydrogen (secondary N) is 1. The second kappa shape index (κ2) is 9.11. The van der Waals surface area contributed by atoms with E-state index in [1.807, 2.05) is 26.0 Å². The summed E-state index contributed by atoms with van der Waals surface area (Å²) in [6, 6.07) is 14.4. The number of aryl methyl sites for hydroxylation is 3. The molecular weight excluding hydrogens is 298 g/mol. The predicted octanol–water partition coefficient (Wildman–Crippen LogP) is 3.99. The van der Waals surface area contributed by atoms with Crippen LogP contribution in [0.25, 0.3) is 0 Å². The summed E-state index contributed by atoms with van der Waals surface area (Å²) >= 11 is 0. The Kier molecular flexibility index (Phi) is 6.86. The van der Waals surface area contributed by atoms with E-state index in [2.05, 4.69) is 42.6 Å². The summed E-state index contributed by atoms with van der Waals surface area (Å²) in [6.45, 7) is 7.24. The highest BCUT2D eigenvalue weighted by Gasteiger charge is 2.06. The fourth-order valence-corrected chi connectivity index (χ4v) is 2.63. The van der Waals surface area contributed by atoms with Crippen molar-refractivity contribution in [1.82, 2.24) is 5.32 Å². The molecule has 0 fully saturated rings. The van der Waals surface area contributed by atoms with Crippen LogP contribution in [0.1, 0.15) is 35.6 Å². The normalized spacial score (nSPS) is 10.5. The van der Waals surface area contributed by atoms with E-state index < -0.39 is 0 Å². The average molecular weight is 325 g/mol. The molecule has 0 atom stereocenters. The third-order valence-electron chi connectivity index (χ3n) is 4.01. The average Bonchev–Trinajstić information content (AvgIpc) is 2.57. The molecule has 0 heterocycles. The molecule has 1 N–H and O–H groups in total. The van der Waals surface area contributed by atoms with Gasteiger partial charge in [0.25, 0.3) is 0 Å². The number of amides is 1. The highest BCUT2D eigenvalue weighted by atomic mass is 16.5. The second-order valence-corrected chi connectivity index (χ2v) is 6.20. The Labute approximate surface area is 145 Å². The summed E-state index contributed by atoms with van der Waals surface area (Å²) in [5, 5.41) is 2.92. The van der Waals surface area contributed by atoms with Crippen molar-refractivity contribution < 1.29 is 9.53 Å². The highest BCUT2D eigenvalue weighted by Crippen LogP contribution is 2.13. The molecule has 0 aliphatic heterocycles. The van der Waals surface area contributed by atoms with E-state index in [4.69, 9.17) is 4.74 Å². The van der Waals surface area contributed by atoms with E-state index in [0.29, 0.717) is 19.6 Å². The first-order valence-electron chi connectivity index (χ1n) is 8.63. The molecule has 3 nitrogen and oxygen atoms in total. The number of hydrogen-bond donors (Lipinski definition) is 1. The first-order chi connectivity index (χ1) is 11.6. The zero-order valence-electron chi connectivity index (χ0n) is 14.9. The highest BCUT2D eigenvalue weighted by molar-refractivity contribution is 5.78. The van der Waals surface area contributed by atoms with Gasteiger partial charge in [-0.3, -0.25) is 4.79 Å². The van der Waals surface area contributed by atoms with E-state index in [1.165, 1.54) is 11.1 Å². The van der Waals surface area contributed by atoms with Gasteiger partial charge >= 0.3 is 0 Å². The molecule has 0 aliphatic carbocycles. The first kappa shape index (κ1) is 18.1. The maximum absolute atomic E-state index is 12.0. The summed E-state index contributed by atoms with van der Waals surface area (Å²) in [6.07, 6.45) is 2.65. The van der Waals surface area contributed by atoms with Crippen LogP contribution >= 0.6 is 0 Å². The lowest BCUT2D eigenvalue weighted by molar-refractivity contribution is -0.120. The standard InChI is InChI=1S/C21H27NO2/c1-4-5-18-8-10-20(11-9-18)24-13-12-22-21(23)15-19-14-16(2)6-7-17(19)3/h6-11,14H,4-5,12-13,15H2,1-3H3,(H,22,23). The number of hydrogen-bond acceptors (Lipinski definition) is 2. The first-order valence-corrected chi connectivity index (χ1v) is 8.63. The molecule has 24 heavy (non-hydrogen) atoms. The lowest BCUT2D eigenvalue weighted by atomic mass is 10.0. The van der Waals surface area contributed by atoms with E-state index in [1.54, 1.807) is 0 Å². The van der Waals surface area contributed by atoms with Gasteiger partial charge in [0.15, 0.2) is 0 Å². The topological polar surface area (TPSA) is 38.3 Å². The molecule has 0 saturated carbocycles. The molecule has 2 rings (SSSR count). The van der Waals surface area contributed by atoms with Crippen LogP contribution in [0, 0.1) is 13.8 Å². The number of ether oxygens (including phenoxy) is 1. The molecule has 0 spiro atoms. The molecule has 0 aliphatic rings. The van der Waals surface area contributed by atoms with E-state index in [9.17, 15) is 4.79 Å². The summed E-state index contributed by atoms with van der Waals surface area (Å²) < 4.78 is 5.67. The fourth-order valence-electron chi connectivity index (χ4n) is 2.63. The molecule has 2 aromatic rings. The van der Waals surface area contributed by atoms with Crippen LogP contribution < -0.4 is 10.1 Å². The Morgan fingerprint density at radius 2 is 1.83 bits per heavy atom. The molecule has 1 amide bonds. The summed E-state index contributed by atoms with van der Waals surface area (Å²) in [7, 11) is 0. The summed E-state index contributed by atoms with van der Waals surface area (Å²) in [5.41, 5.74) is 4.74. The van der Waals surface area contributed by atoms with Gasteiger partial charge in [0.05, 0.1) is 13.0 Å². The third-order valence-corrected chi connectivity index (χ3v) is 4.01. The maximum atomic E-state index is 12.0. The van der Waals surface area contributed by atoms with Gasteiger partial charge in [-0.05, 0) is 49.1 Å². The summed E-state index contributed by atoms with van der Waals surface area (Å²) in [5.74, 6) is 0.879. The molecule has 0 aromatic heterocycles. The van der Waals surface area contributed by atoms with Gasteiger partial charge in [-0.1, -0.05) is 49.2 Å². The lowest BCUT2D eigenvalue weighted by Crippen LogP contribution is -2.29. The van der Waals surface area contributed by atoms with Gasteiger partial charge < -0.3 is 10.1 Å². The molecule has 0 bridgehead atoms. The molecule has 128 valence electrons. The van der Waals surface area contributed by atoms with Gasteiger partial charge in [-0.15, -0.1) is 0 Å². The Hall–Kier alpha value is -2.29. The Morgan fingerprint density at radius 3 is 2.54 bits per heavy atom. The minimum atomic E-state index is 0.0330. The van der Waals surface area contributed by atoms with Gasteiger partial charge in [-0.2, -0.15) is 0 Å². The molecule has 3 heteroatoms. The van der Waals surface area contributed by atoms with Gasteiger partial charge in [0.2, 0.25) is 5.91 Å². The fraction of sp³-hybridized carbons (Fsp3) is 0.381. The van der Waals surface area contributed by atoms with E-state index >= 15 is 0 Å². The molecule has 0 radical (unpaired) electrons. The number of carbonyl (C=O) groups is 1. The van der Waals surface area contributed by atoms with Gasteiger partial charge in [0, 0.05) is 0 Å². The minimum Gasteiger partial charge on any atom is -0.492 e. The van der Waals surface area contributed by atoms with Crippen molar-refractivity contribution in [3.63, 3.8) is 0 Å². The van der Waals surface area contributed by atoms with Crippen molar-refractivity contribution >= 4 is 5.91 Å². The Balaban J connectivity index is 1.71. The van der Waals surface area contributed by atoms with E-state index in [-0.39, 0.29) is 5.91 Å². The monoisotopic (exact) mass is 325 g/mol. The zero-order chi connectivity index (χ0) is 17.4. The Bertz CT molecular complexity index is 662. The van der Waals surface area contributed by atoms with Crippen LogP contribution in [-0.4, -0.2) is 19.1 Å². The van der Waals surface area contributed by atoms with Crippen molar-refractivity contribution in [3.8, 4) is 5.75 Å². The third kappa shape index (κ3) is 5.73. The summed E-state index contributed by atoms with van der Waals surface area (Å²) in [4.78, 5) is 12.0. The second-order valence-electron chi connectivity index (χ2n) is 6.20. The van der Waals surface area contributed by atoms with Crippen LogP contribution in [0.4, 0.5) is 0 Å². The van der Waals surface area contributed by atoms with Crippen molar-refractivity contribution in [3.05, 3.63) is 64.7 Å². The maximum Gasteiger partial charge on any atom is 0.224 e.